The predicted molar refractivity (Wildman–Crippen MR) is 30.5 cm³/mol. The average molecular weight is 115 g/mol. The normalized spacial score (nSPS) is 9.75. The molecule has 8 heavy (non-hydrogen) atoms. The van der Waals surface area contributed by atoms with Crippen LogP contribution in [0.2, 0.25) is 0 Å². The molecule has 3 nitrogen and oxygen atoms in total. The van der Waals surface area contributed by atoms with E-state index in [0.717, 1.165) is 6.08 Å². The van der Waals surface area contributed by atoms with Crippen LogP contribution in [0.4, 0.5) is 0 Å². The van der Waals surface area contributed by atoms with Crippen LogP contribution in [0.5, 0.6) is 0 Å². The fourth-order valence-corrected chi connectivity index (χ4v) is 0.213. The van der Waals surface area contributed by atoms with E-state index in [0.29, 0.717) is 0 Å². The molecule has 0 aliphatic heterocycles. The van der Waals surface area contributed by atoms with E-state index in [4.69, 9.17) is 5.11 Å². The third kappa shape index (κ3) is 5.01. The van der Waals surface area contributed by atoms with Gasteiger partial charge in [-0.2, -0.15) is 0 Å². The molecule has 0 saturated carbocycles. The Labute approximate surface area is 48.2 Å². The first-order valence-corrected chi connectivity index (χ1v) is 2.20. The average Bonchev–Trinajstić information content (AvgIpc) is 1.61. The third-order valence-corrected chi connectivity index (χ3v) is 0.515. The molecule has 0 aliphatic carbocycles. The summed E-state index contributed by atoms with van der Waals surface area (Å²) in [6, 6.07) is 0. The van der Waals surface area contributed by atoms with Gasteiger partial charge in [0.25, 0.3) is 0 Å². The Morgan fingerprint density at radius 1 is 1.62 bits per heavy atom. The van der Waals surface area contributed by atoms with E-state index < -0.39 is 5.97 Å². The van der Waals surface area contributed by atoms with Crippen molar-refractivity contribution in [3.8, 4) is 0 Å². The Bertz CT molecular complexity index is 107. The van der Waals surface area contributed by atoms with Crippen LogP contribution in [0.25, 0.3) is 0 Å². The van der Waals surface area contributed by atoms with E-state index >= 15 is 0 Å². The molecule has 0 aromatic heterocycles. The van der Waals surface area contributed by atoms with Gasteiger partial charge in [0.15, 0.2) is 0 Å². The van der Waals surface area contributed by atoms with Crippen LogP contribution in [0.1, 0.15) is 0 Å². The smallest absolute Gasteiger partial charge is 0.329 e. The molecule has 1 N–H and O–H groups in total. The number of hydrogen-bond acceptors (Lipinski definition) is 2. The van der Waals surface area contributed by atoms with E-state index in [2.05, 4.69) is 0 Å². The minimum atomic E-state index is -0.918. The van der Waals surface area contributed by atoms with Crippen LogP contribution < -0.4 is 0 Å². The van der Waals surface area contributed by atoms with Crippen LogP contribution >= 0.6 is 0 Å². The molecule has 0 radical (unpaired) electrons. The summed E-state index contributed by atoms with van der Waals surface area (Å²) in [5.74, 6) is -0.918. The number of carboxylic acid groups (broad SMARTS) is 1. The van der Waals surface area contributed by atoms with Crippen molar-refractivity contribution in [2.24, 2.45) is 0 Å². The number of carboxylic acids is 1. The van der Waals surface area contributed by atoms with Crippen molar-refractivity contribution in [2.75, 3.05) is 14.1 Å². The summed E-state index contributed by atoms with van der Waals surface area (Å²) >= 11 is 0. The summed E-state index contributed by atoms with van der Waals surface area (Å²) < 4.78 is 0. The Morgan fingerprint density at radius 3 is 2.25 bits per heavy atom. The van der Waals surface area contributed by atoms with Crippen molar-refractivity contribution in [1.29, 1.82) is 0 Å². The zero-order valence-corrected chi connectivity index (χ0v) is 4.96. The molecule has 0 amide bonds. The van der Waals surface area contributed by atoms with Gasteiger partial charge in [-0.25, -0.2) is 4.79 Å². The van der Waals surface area contributed by atoms with E-state index in [1.165, 1.54) is 6.20 Å². The van der Waals surface area contributed by atoms with Gasteiger partial charge >= 0.3 is 5.97 Å². The molecule has 0 aromatic rings. The highest BCUT2D eigenvalue weighted by atomic mass is 16.4. The largest absolute Gasteiger partial charge is 0.478 e. The van der Waals surface area contributed by atoms with Gasteiger partial charge in [0.2, 0.25) is 0 Å². The fraction of sp³-hybridized carbons (Fsp3) is 0.400. The molecule has 0 atom stereocenters. The second-order valence-corrected chi connectivity index (χ2v) is 1.62. The van der Waals surface area contributed by atoms with Crippen molar-refractivity contribution >= 4 is 5.97 Å². The molecule has 0 fully saturated rings. The summed E-state index contributed by atoms with van der Waals surface area (Å²) in [5.41, 5.74) is 0. The monoisotopic (exact) mass is 115 g/mol. The van der Waals surface area contributed by atoms with Gasteiger partial charge in [0, 0.05) is 26.4 Å². The zero-order valence-electron chi connectivity index (χ0n) is 4.96. The lowest BCUT2D eigenvalue weighted by Gasteiger charge is -2.00. The number of hydrogen-bond donors (Lipinski definition) is 1. The molecule has 0 spiro atoms. The standard InChI is InChI=1S/C5H9NO2/c1-6(2)4-3-5(7)8/h3-4H,1-2H3,(H,7,8)/b4-3+. The molecular formula is C5H9NO2. The van der Waals surface area contributed by atoms with Crippen LogP contribution in [0.15, 0.2) is 12.3 Å². The van der Waals surface area contributed by atoms with Crippen LogP contribution in [0, 0.1) is 0 Å². The maximum absolute atomic E-state index is 9.79. The first kappa shape index (κ1) is 7.01. The highest BCUT2D eigenvalue weighted by Gasteiger charge is 1.82. The Kier molecular flexibility index (Phi) is 2.69. The summed E-state index contributed by atoms with van der Waals surface area (Å²) in [5, 5.41) is 8.05. The number of carbonyl (C=O) groups is 1. The van der Waals surface area contributed by atoms with Crippen LogP contribution in [-0.4, -0.2) is 30.1 Å². The first-order valence-electron chi connectivity index (χ1n) is 2.20. The first-order chi connectivity index (χ1) is 3.63. The number of rotatable bonds is 2. The molecule has 46 valence electrons. The van der Waals surface area contributed by atoms with Crippen LogP contribution in [0.3, 0.4) is 0 Å². The minimum absolute atomic E-state index is 0.918. The molecule has 0 saturated heterocycles. The van der Waals surface area contributed by atoms with Gasteiger partial charge < -0.3 is 10.0 Å². The van der Waals surface area contributed by atoms with Crippen molar-refractivity contribution < 1.29 is 9.90 Å². The van der Waals surface area contributed by atoms with E-state index in [1.807, 2.05) is 0 Å². The SMILES string of the molecule is CN(C)/C=C/C(=O)O. The van der Waals surface area contributed by atoms with Crippen molar-refractivity contribution in [2.45, 2.75) is 0 Å². The highest BCUT2D eigenvalue weighted by Crippen LogP contribution is 1.75. The molecular weight excluding hydrogens is 106 g/mol. The molecule has 3 heteroatoms. The lowest BCUT2D eigenvalue weighted by atomic mass is 10.6. The fourth-order valence-electron chi connectivity index (χ4n) is 0.213. The van der Waals surface area contributed by atoms with Gasteiger partial charge in [0.05, 0.1) is 0 Å². The molecule has 0 heterocycles. The predicted octanol–water partition coefficient (Wildman–Crippen LogP) is 0.146. The van der Waals surface area contributed by atoms with E-state index in [9.17, 15) is 4.79 Å². The maximum Gasteiger partial charge on any atom is 0.329 e. The quantitative estimate of drug-likeness (QED) is 0.520. The molecule has 0 aliphatic rings. The zero-order chi connectivity index (χ0) is 6.57. The van der Waals surface area contributed by atoms with E-state index in [1.54, 1.807) is 19.0 Å². The maximum atomic E-state index is 9.79. The molecule has 0 unspecified atom stereocenters. The molecule has 0 aromatic carbocycles. The van der Waals surface area contributed by atoms with Crippen molar-refractivity contribution in [3.63, 3.8) is 0 Å². The second kappa shape index (κ2) is 3.07. The third-order valence-electron chi connectivity index (χ3n) is 0.515. The molecule has 0 bridgehead atoms. The Hall–Kier alpha value is -0.990. The lowest BCUT2D eigenvalue weighted by Crippen LogP contribution is -2.01. The Morgan fingerprint density at radius 2 is 2.12 bits per heavy atom. The minimum Gasteiger partial charge on any atom is -0.478 e. The van der Waals surface area contributed by atoms with Gasteiger partial charge in [-0.15, -0.1) is 0 Å². The van der Waals surface area contributed by atoms with Gasteiger partial charge in [-0.3, -0.25) is 0 Å². The van der Waals surface area contributed by atoms with Gasteiger partial charge in [0.1, 0.15) is 0 Å². The molecule has 0 rings (SSSR count). The summed E-state index contributed by atoms with van der Waals surface area (Å²) in [7, 11) is 3.53. The second-order valence-electron chi connectivity index (χ2n) is 1.62. The Balaban J connectivity index is 3.50. The van der Waals surface area contributed by atoms with Gasteiger partial charge in [-0.05, 0) is 0 Å². The lowest BCUT2D eigenvalue weighted by molar-refractivity contribution is -0.131. The summed E-state index contributed by atoms with van der Waals surface area (Å²) in [6.45, 7) is 0. The van der Waals surface area contributed by atoms with Crippen molar-refractivity contribution in [1.82, 2.24) is 4.90 Å². The number of aliphatic carboxylic acids is 1. The summed E-state index contributed by atoms with van der Waals surface area (Å²) in [6.07, 6.45) is 2.56. The van der Waals surface area contributed by atoms with Crippen molar-refractivity contribution in [3.05, 3.63) is 12.3 Å². The van der Waals surface area contributed by atoms with Gasteiger partial charge in [-0.1, -0.05) is 0 Å². The van der Waals surface area contributed by atoms with E-state index in [-0.39, 0.29) is 0 Å². The number of nitrogens with zero attached hydrogens (tertiary/aromatic N) is 1. The summed E-state index contributed by atoms with van der Waals surface area (Å²) in [4.78, 5) is 11.5. The highest BCUT2D eigenvalue weighted by molar-refractivity contribution is 5.79. The van der Waals surface area contributed by atoms with Crippen LogP contribution in [-0.2, 0) is 4.79 Å². The topological polar surface area (TPSA) is 40.5 Å².